The van der Waals surface area contributed by atoms with Crippen molar-refractivity contribution in [2.45, 2.75) is 5.92 Å². The number of fused-ring (bicyclic) bond motifs is 1. The van der Waals surface area contributed by atoms with Gasteiger partial charge in [-0.15, -0.1) is 0 Å². The first-order chi connectivity index (χ1) is 9.75. The van der Waals surface area contributed by atoms with Crippen LogP contribution in [0.15, 0.2) is 24.3 Å². The number of aliphatic carboxylic acids is 1. The monoisotopic (exact) mass is 276 g/mol. The molecule has 2 aliphatic rings. The van der Waals surface area contributed by atoms with Gasteiger partial charge in [0, 0.05) is 38.4 Å². The fraction of sp³-hybridized carbons (Fsp3) is 0.533. The second-order valence-electron chi connectivity index (χ2n) is 5.35. The van der Waals surface area contributed by atoms with Gasteiger partial charge in [-0.1, -0.05) is 18.2 Å². The summed E-state index contributed by atoms with van der Waals surface area (Å²) in [7, 11) is 0. The lowest BCUT2D eigenvalue weighted by molar-refractivity contribution is -0.138. The van der Waals surface area contributed by atoms with E-state index in [9.17, 15) is 9.90 Å². The van der Waals surface area contributed by atoms with E-state index in [-0.39, 0.29) is 0 Å². The van der Waals surface area contributed by atoms with Crippen molar-refractivity contribution in [1.82, 2.24) is 4.90 Å². The van der Waals surface area contributed by atoms with E-state index in [0.717, 1.165) is 50.6 Å². The van der Waals surface area contributed by atoms with Crippen LogP contribution >= 0.6 is 0 Å². The van der Waals surface area contributed by atoms with E-state index in [1.807, 2.05) is 24.3 Å². The summed E-state index contributed by atoms with van der Waals surface area (Å²) in [6, 6.07) is 7.85. The SMILES string of the molecule is O=C(O)C1CN(CCN2CCOCC2)c2ccccc21. The van der Waals surface area contributed by atoms with Crippen LogP contribution in [-0.4, -0.2) is 61.9 Å². The molecule has 1 unspecified atom stereocenters. The Kier molecular flexibility index (Phi) is 3.89. The molecular formula is C15H20N2O3. The molecule has 0 saturated carbocycles. The Morgan fingerprint density at radius 3 is 2.75 bits per heavy atom. The molecule has 20 heavy (non-hydrogen) atoms. The number of anilines is 1. The smallest absolute Gasteiger partial charge is 0.312 e. The molecule has 0 spiro atoms. The van der Waals surface area contributed by atoms with Gasteiger partial charge >= 0.3 is 5.97 Å². The summed E-state index contributed by atoms with van der Waals surface area (Å²) >= 11 is 0. The van der Waals surface area contributed by atoms with Crippen molar-refractivity contribution in [3.8, 4) is 0 Å². The molecule has 5 heteroatoms. The molecule has 2 aliphatic heterocycles. The van der Waals surface area contributed by atoms with Crippen molar-refractivity contribution in [2.24, 2.45) is 0 Å². The van der Waals surface area contributed by atoms with Crippen molar-refractivity contribution in [3.05, 3.63) is 29.8 Å². The molecule has 2 heterocycles. The third-order valence-electron chi connectivity index (χ3n) is 4.14. The highest BCUT2D eigenvalue weighted by atomic mass is 16.5. The molecule has 1 N–H and O–H groups in total. The van der Waals surface area contributed by atoms with Crippen molar-refractivity contribution in [1.29, 1.82) is 0 Å². The second-order valence-corrected chi connectivity index (χ2v) is 5.35. The minimum absolute atomic E-state index is 0.393. The van der Waals surface area contributed by atoms with Crippen LogP contribution in [-0.2, 0) is 9.53 Å². The Labute approximate surface area is 118 Å². The summed E-state index contributed by atoms with van der Waals surface area (Å²) in [5.41, 5.74) is 2.02. The fourth-order valence-electron chi connectivity index (χ4n) is 3.00. The van der Waals surface area contributed by atoms with Crippen LogP contribution in [0.2, 0.25) is 0 Å². The normalized spacial score (nSPS) is 22.8. The van der Waals surface area contributed by atoms with Gasteiger partial charge in [-0.2, -0.15) is 0 Å². The average molecular weight is 276 g/mol. The van der Waals surface area contributed by atoms with Crippen LogP contribution in [0.1, 0.15) is 11.5 Å². The molecule has 0 radical (unpaired) electrons. The molecule has 0 aromatic heterocycles. The number of carboxylic acids is 1. The molecule has 3 rings (SSSR count). The van der Waals surface area contributed by atoms with E-state index in [1.54, 1.807) is 0 Å². The van der Waals surface area contributed by atoms with E-state index in [2.05, 4.69) is 9.80 Å². The highest BCUT2D eigenvalue weighted by Crippen LogP contribution is 2.35. The third kappa shape index (κ3) is 2.64. The van der Waals surface area contributed by atoms with Gasteiger partial charge in [-0.3, -0.25) is 9.69 Å². The summed E-state index contributed by atoms with van der Waals surface area (Å²) in [6.45, 7) is 5.96. The number of hydrogen-bond donors (Lipinski definition) is 1. The number of nitrogens with zero attached hydrogens (tertiary/aromatic N) is 2. The van der Waals surface area contributed by atoms with Crippen LogP contribution in [0.4, 0.5) is 5.69 Å². The summed E-state index contributed by atoms with van der Waals surface area (Å²) in [4.78, 5) is 15.9. The highest BCUT2D eigenvalue weighted by Gasteiger charge is 2.33. The molecule has 1 saturated heterocycles. The van der Waals surface area contributed by atoms with E-state index in [4.69, 9.17) is 4.74 Å². The molecular weight excluding hydrogens is 256 g/mol. The molecule has 1 atom stereocenters. The van der Waals surface area contributed by atoms with Gasteiger partial charge in [0.25, 0.3) is 0 Å². The van der Waals surface area contributed by atoms with Crippen molar-refractivity contribution < 1.29 is 14.6 Å². The van der Waals surface area contributed by atoms with Gasteiger partial charge in [0.05, 0.1) is 13.2 Å². The van der Waals surface area contributed by atoms with Crippen molar-refractivity contribution in [2.75, 3.05) is 50.8 Å². The molecule has 108 valence electrons. The standard InChI is InChI=1S/C15H20N2O3/c18-15(19)13-11-17(14-4-2-1-3-12(13)14)6-5-16-7-9-20-10-8-16/h1-4,13H,5-11H2,(H,18,19). The molecule has 0 amide bonds. The summed E-state index contributed by atoms with van der Waals surface area (Å²) in [5.74, 6) is -1.12. The lowest BCUT2D eigenvalue weighted by Gasteiger charge is -2.29. The molecule has 1 aromatic carbocycles. The van der Waals surface area contributed by atoms with Crippen LogP contribution in [0.3, 0.4) is 0 Å². The maximum absolute atomic E-state index is 11.4. The van der Waals surface area contributed by atoms with E-state index in [1.165, 1.54) is 0 Å². The second kappa shape index (κ2) is 5.81. The quantitative estimate of drug-likeness (QED) is 0.889. The number of hydrogen-bond acceptors (Lipinski definition) is 4. The minimum atomic E-state index is -0.730. The molecule has 0 bridgehead atoms. The first-order valence-electron chi connectivity index (χ1n) is 7.12. The predicted octanol–water partition coefficient (Wildman–Crippen LogP) is 1.01. The van der Waals surface area contributed by atoms with Crippen LogP contribution in [0.25, 0.3) is 0 Å². The van der Waals surface area contributed by atoms with Gasteiger partial charge in [0.15, 0.2) is 0 Å². The van der Waals surface area contributed by atoms with Gasteiger partial charge in [0.2, 0.25) is 0 Å². The Morgan fingerprint density at radius 1 is 1.25 bits per heavy atom. The predicted molar refractivity (Wildman–Crippen MR) is 76.3 cm³/mol. The van der Waals surface area contributed by atoms with E-state index >= 15 is 0 Å². The van der Waals surface area contributed by atoms with Crippen LogP contribution in [0.5, 0.6) is 0 Å². The summed E-state index contributed by atoms with van der Waals surface area (Å²) in [5, 5.41) is 9.34. The first kappa shape index (κ1) is 13.4. The van der Waals surface area contributed by atoms with Crippen LogP contribution < -0.4 is 4.90 Å². The van der Waals surface area contributed by atoms with Gasteiger partial charge < -0.3 is 14.7 Å². The molecule has 1 fully saturated rings. The lowest BCUT2D eigenvalue weighted by Crippen LogP contribution is -2.41. The number of para-hydroxylation sites is 1. The van der Waals surface area contributed by atoms with Crippen LogP contribution in [0, 0.1) is 0 Å². The number of carbonyl (C=O) groups is 1. The lowest BCUT2D eigenvalue weighted by atomic mass is 10.0. The zero-order valence-corrected chi connectivity index (χ0v) is 11.5. The first-order valence-corrected chi connectivity index (χ1v) is 7.12. The maximum Gasteiger partial charge on any atom is 0.312 e. The van der Waals surface area contributed by atoms with Crippen molar-refractivity contribution in [3.63, 3.8) is 0 Å². The largest absolute Gasteiger partial charge is 0.481 e. The number of rotatable bonds is 4. The average Bonchev–Trinajstić information content (AvgIpc) is 2.85. The van der Waals surface area contributed by atoms with E-state index < -0.39 is 11.9 Å². The zero-order valence-electron chi connectivity index (χ0n) is 11.5. The van der Waals surface area contributed by atoms with Crippen molar-refractivity contribution >= 4 is 11.7 Å². The summed E-state index contributed by atoms with van der Waals surface area (Å²) < 4.78 is 5.34. The maximum atomic E-state index is 11.4. The Morgan fingerprint density at radius 2 is 2.00 bits per heavy atom. The van der Waals surface area contributed by atoms with E-state index in [0.29, 0.717) is 6.54 Å². The minimum Gasteiger partial charge on any atom is -0.481 e. The number of carboxylic acid groups (broad SMARTS) is 1. The zero-order chi connectivity index (χ0) is 13.9. The molecule has 0 aliphatic carbocycles. The Hall–Kier alpha value is -1.59. The van der Waals surface area contributed by atoms with Gasteiger partial charge in [0.1, 0.15) is 5.92 Å². The Bertz CT molecular complexity index is 486. The van der Waals surface area contributed by atoms with Gasteiger partial charge in [-0.25, -0.2) is 0 Å². The highest BCUT2D eigenvalue weighted by molar-refractivity contribution is 5.82. The number of benzene rings is 1. The number of ether oxygens (including phenoxy) is 1. The van der Waals surface area contributed by atoms with Gasteiger partial charge in [-0.05, 0) is 11.6 Å². The third-order valence-corrected chi connectivity index (χ3v) is 4.14. The molecule has 5 nitrogen and oxygen atoms in total. The Balaban J connectivity index is 1.67. The topological polar surface area (TPSA) is 53.0 Å². The number of morpholine rings is 1. The summed E-state index contributed by atoms with van der Waals surface area (Å²) in [6.07, 6.45) is 0. The fourth-order valence-corrected chi connectivity index (χ4v) is 3.00. The molecule has 1 aromatic rings.